The van der Waals surface area contributed by atoms with E-state index < -0.39 is 0 Å². The van der Waals surface area contributed by atoms with Crippen molar-refractivity contribution >= 4 is 5.91 Å². The van der Waals surface area contributed by atoms with Gasteiger partial charge in [-0.15, -0.1) is 0 Å². The van der Waals surface area contributed by atoms with Crippen LogP contribution in [0.2, 0.25) is 0 Å². The Bertz CT molecular complexity index is 561. The van der Waals surface area contributed by atoms with Crippen LogP contribution < -0.4 is 0 Å². The summed E-state index contributed by atoms with van der Waals surface area (Å²) in [5.74, 6) is 1.08. The maximum Gasteiger partial charge on any atom is 0.274 e. The molecule has 19 heavy (non-hydrogen) atoms. The number of aromatic amines is 2. The third kappa shape index (κ3) is 2.23. The molecule has 1 atom stereocenters. The predicted octanol–water partition coefficient (Wildman–Crippen LogP) is 0.856. The van der Waals surface area contributed by atoms with Crippen molar-refractivity contribution < 1.29 is 4.79 Å². The molecule has 1 aliphatic rings. The first-order chi connectivity index (χ1) is 9.25. The monoisotopic (exact) mass is 260 g/mol. The second kappa shape index (κ2) is 4.83. The van der Waals surface area contributed by atoms with E-state index in [1.165, 1.54) is 6.33 Å². The first kappa shape index (κ1) is 11.9. The number of rotatable bonds is 2. The Morgan fingerprint density at radius 2 is 2.37 bits per heavy atom. The van der Waals surface area contributed by atoms with Crippen LogP contribution in [0.1, 0.15) is 40.8 Å². The van der Waals surface area contributed by atoms with Crippen LogP contribution >= 0.6 is 0 Å². The van der Waals surface area contributed by atoms with Crippen molar-refractivity contribution in [3.63, 3.8) is 0 Å². The summed E-state index contributed by atoms with van der Waals surface area (Å²) in [5, 5.41) is 6.77. The van der Waals surface area contributed by atoms with Gasteiger partial charge in [0.2, 0.25) is 0 Å². The minimum atomic E-state index is -0.0111. The average Bonchev–Trinajstić information content (AvgIpc) is 3.09. The maximum atomic E-state index is 12.4. The second-order valence-corrected chi connectivity index (χ2v) is 4.84. The first-order valence-corrected chi connectivity index (χ1v) is 6.40. The smallest absolute Gasteiger partial charge is 0.274 e. The Morgan fingerprint density at radius 3 is 3.05 bits per heavy atom. The van der Waals surface area contributed by atoms with Gasteiger partial charge < -0.3 is 9.88 Å². The van der Waals surface area contributed by atoms with Crippen LogP contribution in [0.15, 0.2) is 12.7 Å². The van der Waals surface area contributed by atoms with Gasteiger partial charge in [0.15, 0.2) is 0 Å². The zero-order valence-electron chi connectivity index (χ0n) is 10.8. The molecule has 0 radical (unpaired) electrons. The Labute approximate surface area is 110 Å². The Morgan fingerprint density at radius 1 is 1.47 bits per heavy atom. The highest BCUT2D eigenvalue weighted by molar-refractivity contribution is 5.93. The molecule has 1 amide bonds. The average molecular weight is 260 g/mol. The molecule has 100 valence electrons. The van der Waals surface area contributed by atoms with E-state index in [0.29, 0.717) is 12.2 Å². The fourth-order valence-corrected chi connectivity index (χ4v) is 2.52. The van der Waals surface area contributed by atoms with Gasteiger partial charge in [0.1, 0.15) is 17.8 Å². The Hall–Kier alpha value is -2.18. The Balaban J connectivity index is 1.75. The third-order valence-electron chi connectivity index (χ3n) is 3.56. The standard InChI is InChI=1S/C12H16N6O/c1-8-10(14-6-13-8)12(19)18-4-2-3-9(5-18)11-15-7-16-17-11/h6-7,9H,2-5H2,1H3,(H,13,14)(H,15,16,17)/t9-/m0/s1. The van der Waals surface area contributed by atoms with Crippen molar-refractivity contribution in [2.24, 2.45) is 0 Å². The second-order valence-electron chi connectivity index (χ2n) is 4.84. The minimum Gasteiger partial charge on any atom is -0.348 e. The molecule has 2 aromatic rings. The molecule has 2 N–H and O–H groups in total. The summed E-state index contributed by atoms with van der Waals surface area (Å²) in [7, 11) is 0. The highest BCUT2D eigenvalue weighted by Gasteiger charge is 2.28. The van der Waals surface area contributed by atoms with E-state index in [1.807, 2.05) is 11.8 Å². The molecule has 0 unspecified atom stereocenters. The van der Waals surface area contributed by atoms with E-state index in [0.717, 1.165) is 30.9 Å². The van der Waals surface area contributed by atoms with E-state index in [1.54, 1.807) is 6.33 Å². The van der Waals surface area contributed by atoms with Gasteiger partial charge in [0.05, 0.1) is 6.33 Å². The van der Waals surface area contributed by atoms with Crippen molar-refractivity contribution in [2.45, 2.75) is 25.7 Å². The Kier molecular flexibility index (Phi) is 3.02. The first-order valence-electron chi connectivity index (χ1n) is 6.40. The van der Waals surface area contributed by atoms with Crippen LogP contribution in [0.5, 0.6) is 0 Å². The number of imidazole rings is 1. The number of nitrogens with zero attached hydrogens (tertiary/aromatic N) is 4. The summed E-state index contributed by atoms with van der Waals surface area (Å²) in [5.41, 5.74) is 1.32. The van der Waals surface area contributed by atoms with E-state index in [2.05, 4.69) is 25.1 Å². The maximum absolute atomic E-state index is 12.4. The summed E-state index contributed by atoms with van der Waals surface area (Å²) >= 11 is 0. The van der Waals surface area contributed by atoms with Gasteiger partial charge in [0, 0.05) is 24.7 Å². The third-order valence-corrected chi connectivity index (χ3v) is 3.56. The number of likely N-dealkylation sites (tertiary alicyclic amines) is 1. The lowest BCUT2D eigenvalue weighted by molar-refractivity contribution is 0.0698. The number of hydrogen-bond acceptors (Lipinski definition) is 4. The quantitative estimate of drug-likeness (QED) is 0.837. The molecule has 2 aromatic heterocycles. The number of nitrogens with one attached hydrogen (secondary N) is 2. The fourth-order valence-electron chi connectivity index (χ4n) is 2.52. The molecular weight excluding hydrogens is 244 g/mol. The molecule has 1 aliphatic heterocycles. The molecular formula is C12H16N6O. The molecule has 3 rings (SSSR count). The summed E-state index contributed by atoms with van der Waals surface area (Å²) in [6.07, 6.45) is 5.06. The van der Waals surface area contributed by atoms with Gasteiger partial charge in [0.25, 0.3) is 5.91 Å². The molecule has 3 heterocycles. The van der Waals surface area contributed by atoms with Crippen molar-refractivity contribution in [2.75, 3.05) is 13.1 Å². The van der Waals surface area contributed by atoms with Crippen LogP contribution in [-0.4, -0.2) is 49.0 Å². The van der Waals surface area contributed by atoms with Crippen LogP contribution in [0.3, 0.4) is 0 Å². The number of carbonyl (C=O) groups excluding carboxylic acids is 1. The normalized spacial score (nSPS) is 19.6. The summed E-state index contributed by atoms with van der Waals surface area (Å²) in [6.45, 7) is 3.30. The zero-order valence-corrected chi connectivity index (χ0v) is 10.8. The van der Waals surface area contributed by atoms with Gasteiger partial charge in [-0.25, -0.2) is 9.97 Å². The van der Waals surface area contributed by atoms with Gasteiger partial charge in [-0.2, -0.15) is 5.10 Å². The van der Waals surface area contributed by atoms with Gasteiger partial charge >= 0.3 is 0 Å². The lowest BCUT2D eigenvalue weighted by atomic mass is 9.97. The topological polar surface area (TPSA) is 90.6 Å². The highest BCUT2D eigenvalue weighted by Crippen LogP contribution is 2.25. The van der Waals surface area contributed by atoms with Gasteiger partial charge in [-0.05, 0) is 19.8 Å². The van der Waals surface area contributed by atoms with Crippen molar-refractivity contribution in [3.05, 3.63) is 29.9 Å². The molecule has 1 fully saturated rings. The predicted molar refractivity (Wildman–Crippen MR) is 67.6 cm³/mol. The number of hydrogen-bond donors (Lipinski definition) is 2. The summed E-state index contributed by atoms with van der Waals surface area (Å²) in [6, 6.07) is 0. The molecule has 7 nitrogen and oxygen atoms in total. The molecule has 1 saturated heterocycles. The van der Waals surface area contributed by atoms with Crippen LogP contribution in [0.25, 0.3) is 0 Å². The summed E-state index contributed by atoms with van der Waals surface area (Å²) in [4.78, 5) is 25.5. The number of piperidine rings is 1. The SMILES string of the molecule is Cc1[nH]cnc1C(=O)N1CCC[C@H](c2ncn[nH]2)C1. The highest BCUT2D eigenvalue weighted by atomic mass is 16.2. The number of carbonyl (C=O) groups is 1. The fraction of sp³-hybridized carbons (Fsp3) is 0.500. The van der Waals surface area contributed by atoms with Crippen LogP contribution in [-0.2, 0) is 0 Å². The van der Waals surface area contributed by atoms with E-state index in [4.69, 9.17) is 0 Å². The van der Waals surface area contributed by atoms with Crippen molar-refractivity contribution in [1.29, 1.82) is 0 Å². The van der Waals surface area contributed by atoms with Gasteiger partial charge in [-0.3, -0.25) is 9.89 Å². The van der Waals surface area contributed by atoms with E-state index in [9.17, 15) is 4.79 Å². The molecule has 0 saturated carbocycles. The van der Waals surface area contributed by atoms with Crippen LogP contribution in [0.4, 0.5) is 0 Å². The molecule has 0 aliphatic carbocycles. The largest absolute Gasteiger partial charge is 0.348 e. The molecule has 0 aromatic carbocycles. The zero-order chi connectivity index (χ0) is 13.2. The minimum absolute atomic E-state index is 0.0111. The molecule has 0 bridgehead atoms. The molecule has 0 spiro atoms. The van der Waals surface area contributed by atoms with E-state index >= 15 is 0 Å². The van der Waals surface area contributed by atoms with Gasteiger partial charge in [-0.1, -0.05) is 0 Å². The number of H-pyrrole nitrogens is 2. The number of aryl methyl sites for hydroxylation is 1. The summed E-state index contributed by atoms with van der Waals surface area (Å²) < 4.78 is 0. The lowest BCUT2D eigenvalue weighted by Gasteiger charge is -2.31. The van der Waals surface area contributed by atoms with Crippen LogP contribution in [0, 0.1) is 6.92 Å². The van der Waals surface area contributed by atoms with E-state index in [-0.39, 0.29) is 11.8 Å². The number of amides is 1. The van der Waals surface area contributed by atoms with Crippen molar-refractivity contribution in [1.82, 2.24) is 30.0 Å². The van der Waals surface area contributed by atoms with Crippen molar-refractivity contribution in [3.8, 4) is 0 Å². The lowest BCUT2D eigenvalue weighted by Crippen LogP contribution is -2.39. The number of aromatic nitrogens is 5. The molecule has 7 heteroatoms.